The van der Waals surface area contributed by atoms with Crippen LogP contribution in [0.5, 0.6) is 0 Å². The first kappa shape index (κ1) is 13.8. The van der Waals surface area contributed by atoms with Crippen molar-refractivity contribution in [1.82, 2.24) is 15.1 Å². The summed E-state index contributed by atoms with van der Waals surface area (Å²) >= 11 is 0. The van der Waals surface area contributed by atoms with Gasteiger partial charge >= 0.3 is 0 Å². The summed E-state index contributed by atoms with van der Waals surface area (Å²) in [6, 6.07) is 4.94. The smallest absolute Gasteiger partial charge is 0.287 e. The predicted molar refractivity (Wildman–Crippen MR) is 67.6 cm³/mol. The number of hydrogen-bond donors (Lipinski definition) is 3. The molecule has 1 atom stereocenters. The number of primary amides is 1. The molecule has 2 heterocycles. The highest BCUT2D eigenvalue weighted by Gasteiger charge is 2.15. The van der Waals surface area contributed by atoms with E-state index in [-0.39, 0.29) is 12.3 Å². The molecule has 0 saturated carbocycles. The van der Waals surface area contributed by atoms with E-state index < -0.39 is 17.9 Å². The minimum Gasteiger partial charge on any atom is -0.454 e. The molecule has 1 unspecified atom stereocenters. The largest absolute Gasteiger partial charge is 0.454 e. The number of nitrogens with two attached hydrogens (primary N) is 1. The second-order valence-corrected chi connectivity index (χ2v) is 4.10. The monoisotopic (exact) mass is 278 g/mol. The lowest BCUT2D eigenvalue weighted by molar-refractivity contribution is -0.125. The summed E-state index contributed by atoms with van der Waals surface area (Å²) in [6.07, 6.45) is 1.99. The molecule has 106 valence electrons. The summed E-state index contributed by atoms with van der Waals surface area (Å²) in [7, 11) is 0. The average Bonchev–Trinajstić information content (AvgIpc) is 3.07. The standard InChI is InChI=1S/C12H14N4O4/c13-11(18)9(17)6-14-12(19)10-3-2-8(20-10)7-16-5-1-4-15-16/h1-5,9,17H,6-7H2,(H2,13,18)(H,14,19). The molecule has 0 saturated heterocycles. The molecule has 2 rings (SSSR count). The van der Waals surface area contributed by atoms with Gasteiger partial charge in [0.2, 0.25) is 5.91 Å². The highest BCUT2D eigenvalue weighted by molar-refractivity contribution is 5.92. The van der Waals surface area contributed by atoms with Gasteiger partial charge in [0.05, 0.1) is 13.1 Å². The number of furan rings is 1. The van der Waals surface area contributed by atoms with Gasteiger partial charge in [-0.15, -0.1) is 0 Å². The van der Waals surface area contributed by atoms with Crippen LogP contribution in [0, 0.1) is 0 Å². The SMILES string of the molecule is NC(=O)C(O)CNC(=O)c1ccc(Cn2cccn2)o1. The highest BCUT2D eigenvalue weighted by Crippen LogP contribution is 2.09. The van der Waals surface area contributed by atoms with Crippen molar-refractivity contribution in [2.45, 2.75) is 12.6 Å². The number of hydrogen-bond acceptors (Lipinski definition) is 5. The van der Waals surface area contributed by atoms with Gasteiger partial charge in [-0.05, 0) is 18.2 Å². The molecule has 0 aliphatic heterocycles. The molecule has 20 heavy (non-hydrogen) atoms. The molecule has 2 aromatic rings. The summed E-state index contributed by atoms with van der Waals surface area (Å²) in [5.74, 6) is -0.778. The second kappa shape index (κ2) is 6.02. The van der Waals surface area contributed by atoms with Crippen molar-refractivity contribution in [3.63, 3.8) is 0 Å². The third-order valence-electron chi connectivity index (χ3n) is 2.55. The number of aliphatic hydroxyl groups excluding tert-OH is 1. The molecule has 0 aliphatic carbocycles. The third kappa shape index (κ3) is 3.45. The quantitative estimate of drug-likeness (QED) is 0.632. The minimum absolute atomic E-state index is 0.0869. The zero-order chi connectivity index (χ0) is 14.5. The van der Waals surface area contributed by atoms with Gasteiger partial charge in [0.15, 0.2) is 5.76 Å². The zero-order valence-electron chi connectivity index (χ0n) is 10.5. The minimum atomic E-state index is -1.42. The van der Waals surface area contributed by atoms with E-state index in [2.05, 4.69) is 10.4 Å². The molecular formula is C12H14N4O4. The van der Waals surface area contributed by atoms with Crippen LogP contribution < -0.4 is 11.1 Å². The summed E-state index contributed by atoms with van der Waals surface area (Å²) < 4.78 is 6.99. The van der Waals surface area contributed by atoms with Gasteiger partial charge in [0, 0.05) is 12.4 Å². The number of amides is 2. The summed E-state index contributed by atoms with van der Waals surface area (Å²) in [5.41, 5.74) is 4.87. The Bertz CT molecular complexity index is 590. The van der Waals surface area contributed by atoms with Crippen molar-refractivity contribution in [2.75, 3.05) is 6.54 Å². The highest BCUT2D eigenvalue weighted by atomic mass is 16.4. The molecule has 0 aromatic carbocycles. The molecule has 0 aliphatic rings. The van der Waals surface area contributed by atoms with E-state index in [9.17, 15) is 9.59 Å². The Balaban J connectivity index is 1.91. The predicted octanol–water partition coefficient (Wildman–Crippen LogP) is -0.900. The van der Waals surface area contributed by atoms with Gasteiger partial charge < -0.3 is 20.6 Å². The van der Waals surface area contributed by atoms with Crippen molar-refractivity contribution in [2.24, 2.45) is 5.73 Å². The van der Waals surface area contributed by atoms with Crippen molar-refractivity contribution < 1.29 is 19.1 Å². The molecule has 0 spiro atoms. The van der Waals surface area contributed by atoms with Gasteiger partial charge in [-0.2, -0.15) is 5.10 Å². The normalized spacial score (nSPS) is 12.1. The van der Waals surface area contributed by atoms with Crippen LogP contribution in [0.1, 0.15) is 16.3 Å². The lowest BCUT2D eigenvalue weighted by Gasteiger charge is -2.06. The van der Waals surface area contributed by atoms with Crippen LogP contribution in [-0.4, -0.2) is 39.4 Å². The molecule has 8 heteroatoms. The third-order valence-corrected chi connectivity index (χ3v) is 2.55. The fraction of sp³-hybridized carbons (Fsp3) is 0.250. The Morgan fingerprint density at radius 1 is 1.50 bits per heavy atom. The number of carbonyl (C=O) groups is 2. The van der Waals surface area contributed by atoms with Gasteiger partial charge in [-0.1, -0.05) is 0 Å². The molecule has 0 bridgehead atoms. The molecule has 0 radical (unpaired) electrons. The van der Waals surface area contributed by atoms with Crippen molar-refractivity contribution in [3.05, 3.63) is 42.1 Å². The number of aliphatic hydroxyl groups is 1. The van der Waals surface area contributed by atoms with Crippen LogP contribution in [0.2, 0.25) is 0 Å². The van der Waals surface area contributed by atoms with Gasteiger partial charge in [0.1, 0.15) is 11.9 Å². The Morgan fingerprint density at radius 2 is 2.30 bits per heavy atom. The van der Waals surface area contributed by atoms with E-state index in [4.69, 9.17) is 15.3 Å². The van der Waals surface area contributed by atoms with Crippen LogP contribution >= 0.6 is 0 Å². The van der Waals surface area contributed by atoms with Gasteiger partial charge in [0.25, 0.3) is 5.91 Å². The van der Waals surface area contributed by atoms with E-state index in [0.717, 1.165) is 0 Å². The van der Waals surface area contributed by atoms with E-state index >= 15 is 0 Å². The van der Waals surface area contributed by atoms with Crippen molar-refractivity contribution in [3.8, 4) is 0 Å². The topological polar surface area (TPSA) is 123 Å². The first-order valence-electron chi connectivity index (χ1n) is 5.88. The Kier molecular flexibility index (Phi) is 4.16. The van der Waals surface area contributed by atoms with Gasteiger partial charge in [-0.25, -0.2) is 0 Å². The van der Waals surface area contributed by atoms with Crippen LogP contribution in [-0.2, 0) is 11.3 Å². The Labute approximate surface area is 114 Å². The van der Waals surface area contributed by atoms with Crippen LogP contribution in [0.15, 0.2) is 35.0 Å². The van der Waals surface area contributed by atoms with E-state index in [1.165, 1.54) is 6.07 Å². The van der Waals surface area contributed by atoms with Gasteiger partial charge in [-0.3, -0.25) is 14.3 Å². The molecule has 0 fully saturated rings. The molecule has 8 nitrogen and oxygen atoms in total. The molecular weight excluding hydrogens is 264 g/mol. The van der Waals surface area contributed by atoms with E-state index in [1.54, 1.807) is 29.2 Å². The number of aromatic nitrogens is 2. The van der Waals surface area contributed by atoms with E-state index in [1.807, 2.05) is 0 Å². The lowest BCUT2D eigenvalue weighted by atomic mass is 10.3. The molecule has 4 N–H and O–H groups in total. The lowest BCUT2D eigenvalue weighted by Crippen LogP contribution is -2.39. The fourth-order valence-electron chi connectivity index (χ4n) is 1.52. The summed E-state index contributed by atoms with van der Waals surface area (Å²) in [6.45, 7) is 0.146. The first-order chi connectivity index (χ1) is 9.56. The second-order valence-electron chi connectivity index (χ2n) is 4.10. The first-order valence-corrected chi connectivity index (χ1v) is 5.88. The van der Waals surface area contributed by atoms with Crippen LogP contribution in [0.3, 0.4) is 0 Å². The van der Waals surface area contributed by atoms with E-state index in [0.29, 0.717) is 12.3 Å². The Morgan fingerprint density at radius 3 is 2.95 bits per heavy atom. The number of nitrogens with zero attached hydrogens (tertiary/aromatic N) is 2. The van der Waals surface area contributed by atoms with Crippen molar-refractivity contribution >= 4 is 11.8 Å². The maximum Gasteiger partial charge on any atom is 0.287 e. The fourth-order valence-corrected chi connectivity index (χ4v) is 1.52. The van der Waals surface area contributed by atoms with Crippen molar-refractivity contribution in [1.29, 1.82) is 0 Å². The number of rotatable bonds is 6. The maximum atomic E-state index is 11.7. The molecule has 2 amide bonds. The number of carbonyl (C=O) groups excluding carboxylic acids is 2. The molecule has 2 aromatic heterocycles. The summed E-state index contributed by atoms with van der Waals surface area (Å²) in [4.78, 5) is 22.3. The average molecular weight is 278 g/mol. The van der Waals surface area contributed by atoms with Crippen LogP contribution in [0.4, 0.5) is 0 Å². The zero-order valence-corrected chi connectivity index (χ0v) is 10.5. The Hall–Kier alpha value is -2.61. The summed E-state index contributed by atoms with van der Waals surface area (Å²) in [5, 5.41) is 15.5. The number of nitrogens with one attached hydrogen (secondary N) is 1. The maximum absolute atomic E-state index is 11.7. The van der Waals surface area contributed by atoms with Crippen LogP contribution in [0.25, 0.3) is 0 Å².